The fourth-order valence-electron chi connectivity index (χ4n) is 3.02. The Balaban J connectivity index is 1.35. The summed E-state index contributed by atoms with van der Waals surface area (Å²) in [6, 6.07) is 7.76. The van der Waals surface area contributed by atoms with Crippen LogP contribution in [0.3, 0.4) is 0 Å². The number of rotatable bonds is 5. The van der Waals surface area contributed by atoms with Crippen LogP contribution < -0.4 is 5.32 Å². The number of carbonyl (C=O) groups excluding carboxylic acids is 1. The Hall–Kier alpha value is -2.96. The minimum Gasteiger partial charge on any atom is -0.459 e. The van der Waals surface area contributed by atoms with E-state index in [-0.39, 0.29) is 12.6 Å². The minimum atomic E-state index is -0.372. The Morgan fingerprint density at radius 2 is 2.17 bits per heavy atom. The molecule has 1 aliphatic carbocycles. The standard InChI is InChI=1S/C17H17N5O2/c23-17(15-11-5-3-7-14(11)21-22-15)24-9-8-18-16-12-4-1-2-6-13(12)19-10-20-16/h1-2,4,6,10H,3,5,7-9H2,(H,21,22)(H,18,19,20). The second-order valence-electron chi connectivity index (χ2n) is 5.68. The monoisotopic (exact) mass is 323 g/mol. The summed E-state index contributed by atoms with van der Waals surface area (Å²) < 4.78 is 5.32. The van der Waals surface area contributed by atoms with E-state index >= 15 is 0 Å². The maximum Gasteiger partial charge on any atom is 0.359 e. The van der Waals surface area contributed by atoms with Crippen molar-refractivity contribution in [3.63, 3.8) is 0 Å². The van der Waals surface area contributed by atoms with Gasteiger partial charge in [0.25, 0.3) is 0 Å². The van der Waals surface area contributed by atoms with Gasteiger partial charge in [-0.15, -0.1) is 0 Å². The van der Waals surface area contributed by atoms with Crippen molar-refractivity contribution in [2.75, 3.05) is 18.5 Å². The summed E-state index contributed by atoms with van der Waals surface area (Å²) >= 11 is 0. The summed E-state index contributed by atoms with van der Waals surface area (Å²) in [4.78, 5) is 20.6. The van der Waals surface area contributed by atoms with E-state index in [1.165, 1.54) is 6.33 Å². The Morgan fingerprint density at radius 3 is 3.12 bits per heavy atom. The van der Waals surface area contributed by atoms with Gasteiger partial charge in [-0.3, -0.25) is 5.10 Å². The van der Waals surface area contributed by atoms with Crippen molar-refractivity contribution >= 4 is 22.7 Å². The molecule has 0 atom stereocenters. The van der Waals surface area contributed by atoms with Gasteiger partial charge in [0, 0.05) is 16.6 Å². The second-order valence-corrected chi connectivity index (χ2v) is 5.68. The molecule has 4 rings (SSSR count). The molecule has 122 valence electrons. The normalized spacial score (nSPS) is 13.0. The van der Waals surface area contributed by atoms with Crippen LogP contribution in [0.15, 0.2) is 30.6 Å². The van der Waals surface area contributed by atoms with E-state index in [0.717, 1.165) is 47.2 Å². The number of esters is 1. The molecule has 0 unspecified atom stereocenters. The quantitative estimate of drug-likeness (QED) is 0.552. The number of nitrogens with one attached hydrogen (secondary N) is 2. The zero-order valence-electron chi connectivity index (χ0n) is 13.1. The molecule has 0 saturated carbocycles. The minimum absolute atomic E-state index is 0.249. The molecule has 1 aliphatic rings. The number of aryl methyl sites for hydroxylation is 1. The highest BCUT2D eigenvalue weighted by molar-refractivity contribution is 5.90. The number of para-hydroxylation sites is 1. The molecule has 0 bridgehead atoms. The lowest BCUT2D eigenvalue weighted by molar-refractivity contribution is 0.0512. The second kappa shape index (κ2) is 6.27. The first kappa shape index (κ1) is 14.6. The van der Waals surface area contributed by atoms with E-state index in [1.54, 1.807) is 0 Å². The predicted octanol–water partition coefficient (Wildman–Crippen LogP) is 2.11. The van der Waals surface area contributed by atoms with Gasteiger partial charge in [-0.2, -0.15) is 5.10 Å². The molecule has 0 radical (unpaired) electrons. The number of anilines is 1. The van der Waals surface area contributed by atoms with Crippen molar-refractivity contribution in [2.45, 2.75) is 19.3 Å². The summed E-state index contributed by atoms with van der Waals surface area (Å²) in [6.45, 7) is 0.720. The highest BCUT2D eigenvalue weighted by Crippen LogP contribution is 2.23. The van der Waals surface area contributed by atoms with E-state index < -0.39 is 0 Å². The van der Waals surface area contributed by atoms with Gasteiger partial charge in [0.05, 0.1) is 12.1 Å². The van der Waals surface area contributed by atoms with Crippen LogP contribution in [-0.4, -0.2) is 39.3 Å². The molecule has 0 fully saturated rings. The predicted molar refractivity (Wildman–Crippen MR) is 88.9 cm³/mol. The number of aromatic nitrogens is 4. The van der Waals surface area contributed by atoms with Gasteiger partial charge in [0.15, 0.2) is 5.69 Å². The highest BCUT2D eigenvalue weighted by Gasteiger charge is 2.23. The molecular weight excluding hydrogens is 306 g/mol. The maximum absolute atomic E-state index is 12.1. The average Bonchev–Trinajstić information content (AvgIpc) is 3.22. The molecule has 1 aromatic carbocycles. The number of aromatic amines is 1. The molecule has 2 aromatic heterocycles. The third kappa shape index (κ3) is 2.68. The van der Waals surface area contributed by atoms with Crippen LogP contribution in [0.4, 0.5) is 5.82 Å². The number of hydrogen-bond donors (Lipinski definition) is 2. The lowest BCUT2D eigenvalue weighted by Crippen LogP contribution is -2.16. The van der Waals surface area contributed by atoms with Gasteiger partial charge in [-0.1, -0.05) is 12.1 Å². The maximum atomic E-state index is 12.1. The fourth-order valence-corrected chi connectivity index (χ4v) is 3.02. The third-order valence-electron chi connectivity index (χ3n) is 4.17. The van der Waals surface area contributed by atoms with Crippen molar-refractivity contribution in [2.24, 2.45) is 0 Å². The van der Waals surface area contributed by atoms with E-state index in [4.69, 9.17) is 4.74 Å². The smallest absolute Gasteiger partial charge is 0.359 e. The largest absolute Gasteiger partial charge is 0.459 e. The SMILES string of the molecule is O=C(OCCNc1ncnc2ccccc12)c1n[nH]c2c1CCC2. The molecular formula is C17H17N5O2. The van der Waals surface area contributed by atoms with Crippen molar-refractivity contribution < 1.29 is 9.53 Å². The summed E-state index contributed by atoms with van der Waals surface area (Å²) in [7, 11) is 0. The summed E-state index contributed by atoms with van der Waals surface area (Å²) in [5.41, 5.74) is 3.37. The number of carbonyl (C=O) groups is 1. The van der Waals surface area contributed by atoms with Crippen LogP contribution >= 0.6 is 0 Å². The number of benzene rings is 1. The number of hydrogen-bond acceptors (Lipinski definition) is 6. The molecule has 0 aliphatic heterocycles. The van der Waals surface area contributed by atoms with Gasteiger partial charge in [0.2, 0.25) is 0 Å². The number of fused-ring (bicyclic) bond motifs is 2. The van der Waals surface area contributed by atoms with Gasteiger partial charge in [0.1, 0.15) is 18.8 Å². The summed E-state index contributed by atoms with van der Waals surface area (Å²) in [5, 5.41) is 11.1. The van der Waals surface area contributed by atoms with Gasteiger partial charge in [-0.25, -0.2) is 14.8 Å². The van der Waals surface area contributed by atoms with Crippen LogP contribution in [0, 0.1) is 0 Å². The van der Waals surface area contributed by atoms with Crippen molar-refractivity contribution in [1.82, 2.24) is 20.2 Å². The van der Waals surface area contributed by atoms with Crippen molar-refractivity contribution in [3.8, 4) is 0 Å². The van der Waals surface area contributed by atoms with Crippen LogP contribution in [0.5, 0.6) is 0 Å². The lowest BCUT2D eigenvalue weighted by atomic mass is 10.2. The van der Waals surface area contributed by atoms with Gasteiger partial charge in [-0.05, 0) is 31.4 Å². The first-order chi connectivity index (χ1) is 11.8. The van der Waals surface area contributed by atoms with Crippen molar-refractivity contribution in [3.05, 3.63) is 47.5 Å². The summed E-state index contributed by atoms with van der Waals surface area (Å²) in [6.07, 6.45) is 4.43. The lowest BCUT2D eigenvalue weighted by Gasteiger charge is -2.08. The molecule has 3 aromatic rings. The molecule has 7 nitrogen and oxygen atoms in total. The summed E-state index contributed by atoms with van der Waals surface area (Å²) in [5.74, 6) is 0.362. The molecule has 0 saturated heterocycles. The van der Waals surface area contributed by atoms with E-state index in [9.17, 15) is 4.79 Å². The molecule has 0 amide bonds. The van der Waals surface area contributed by atoms with Crippen LogP contribution in [0.25, 0.3) is 10.9 Å². The number of H-pyrrole nitrogens is 1. The van der Waals surface area contributed by atoms with Crippen LogP contribution in [0.1, 0.15) is 28.2 Å². The zero-order valence-corrected chi connectivity index (χ0v) is 13.1. The third-order valence-corrected chi connectivity index (χ3v) is 4.17. The Labute approximate surface area is 138 Å². The topological polar surface area (TPSA) is 92.8 Å². The van der Waals surface area contributed by atoms with Crippen molar-refractivity contribution in [1.29, 1.82) is 0 Å². The van der Waals surface area contributed by atoms with Gasteiger partial charge < -0.3 is 10.1 Å². The Bertz CT molecular complexity index is 884. The van der Waals surface area contributed by atoms with E-state index in [2.05, 4.69) is 25.5 Å². The van der Waals surface area contributed by atoms with E-state index in [0.29, 0.717) is 12.2 Å². The fraction of sp³-hybridized carbons (Fsp3) is 0.294. The number of nitrogens with zero attached hydrogens (tertiary/aromatic N) is 3. The zero-order chi connectivity index (χ0) is 16.4. The van der Waals surface area contributed by atoms with E-state index in [1.807, 2.05) is 24.3 Å². The first-order valence-electron chi connectivity index (χ1n) is 8.00. The molecule has 7 heteroatoms. The molecule has 2 N–H and O–H groups in total. The number of ether oxygens (including phenoxy) is 1. The Morgan fingerprint density at radius 1 is 1.25 bits per heavy atom. The highest BCUT2D eigenvalue weighted by atomic mass is 16.5. The first-order valence-corrected chi connectivity index (χ1v) is 8.00. The average molecular weight is 323 g/mol. The molecule has 0 spiro atoms. The molecule has 24 heavy (non-hydrogen) atoms. The van der Waals surface area contributed by atoms with Crippen LogP contribution in [-0.2, 0) is 17.6 Å². The van der Waals surface area contributed by atoms with Gasteiger partial charge >= 0.3 is 5.97 Å². The Kier molecular flexibility index (Phi) is 3.82. The molecule has 2 heterocycles. The van der Waals surface area contributed by atoms with Crippen LogP contribution in [0.2, 0.25) is 0 Å².